The molecular formula is C13H17N. The maximum Gasteiger partial charge on any atom is 0.0248 e. The fourth-order valence-electron chi connectivity index (χ4n) is 1.17. The highest BCUT2D eigenvalue weighted by Crippen LogP contribution is 2.08. The maximum atomic E-state index is 5.38. The Bertz CT molecular complexity index is 355. The van der Waals surface area contributed by atoms with Gasteiger partial charge in [-0.3, -0.25) is 0 Å². The van der Waals surface area contributed by atoms with E-state index in [1.807, 2.05) is 0 Å². The van der Waals surface area contributed by atoms with Crippen LogP contribution in [-0.4, -0.2) is 6.54 Å². The third-order valence-electron chi connectivity index (χ3n) is 2.25. The summed E-state index contributed by atoms with van der Waals surface area (Å²) in [5.74, 6) is 6.26. The van der Waals surface area contributed by atoms with Gasteiger partial charge in [0.25, 0.3) is 0 Å². The Morgan fingerprint density at radius 1 is 1.21 bits per heavy atom. The summed E-state index contributed by atoms with van der Waals surface area (Å²) in [5.41, 5.74) is 9.10. The Labute approximate surface area is 86.3 Å². The van der Waals surface area contributed by atoms with Crippen LogP contribution in [0.2, 0.25) is 0 Å². The molecule has 2 N–H and O–H groups in total. The summed E-state index contributed by atoms with van der Waals surface area (Å²) in [4.78, 5) is 0. The molecule has 1 aromatic carbocycles. The van der Waals surface area contributed by atoms with Crippen LogP contribution in [0.3, 0.4) is 0 Å². The molecule has 0 heterocycles. The summed E-state index contributed by atoms with van der Waals surface area (Å²) in [6.07, 6.45) is 1.88. The van der Waals surface area contributed by atoms with Crippen molar-refractivity contribution in [1.82, 2.24) is 0 Å². The predicted molar refractivity (Wildman–Crippen MR) is 61.1 cm³/mol. The van der Waals surface area contributed by atoms with Gasteiger partial charge >= 0.3 is 0 Å². The van der Waals surface area contributed by atoms with Crippen molar-refractivity contribution in [3.05, 3.63) is 34.9 Å². The van der Waals surface area contributed by atoms with E-state index in [1.165, 1.54) is 11.1 Å². The average molecular weight is 187 g/mol. The second-order valence-electron chi connectivity index (χ2n) is 3.49. The van der Waals surface area contributed by atoms with Gasteiger partial charge in [0.1, 0.15) is 0 Å². The lowest BCUT2D eigenvalue weighted by molar-refractivity contribution is 0.870. The first-order chi connectivity index (χ1) is 6.74. The molecule has 1 aromatic rings. The van der Waals surface area contributed by atoms with Gasteiger partial charge in [-0.15, -0.1) is 0 Å². The van der Waals surface area contributed by atoms with Crippen molar-refractivity contribution in [2.24, 2.45) is 5.73 Å². The monoisotopic (exact) mass is 187 g/mol. The fraction of sp³-hybridized carbons (Fsp3) is 0.385. The van der Waals surface area contributed by atoms with E-state index in [2.05, 4.69) is 43.9 Å². The van der Waals surface area contributed by atoms with Crippen LogP contribution in [0, 0.1) is 25.7 Å². The molecule has 0 radical (unpaired) electrons. The highest BCUT2D eigenvalue weighted by molar-refractivity contribution is 5.39. The molecule has 74 valence electrons. The van der Waals surface area contributed by atoms with Gasteiger partial charge in [-0.25, -0.2) is 0 Å². The van der Waals surface area contributed by atoms with Gasteiger partial charge in [0.2, 0.25) is 0 Å². The van der Waals surface area contributed by atoms with Crippen molar-refractivity contribution in [3.8, 4) is 11.8 Å². The first kappa shape index (κ1) is 10.8. The third-order valence-corrected chi connectivity index (χ3v) is 2.25. The predicted octanol–water partition coefficient (Wildman–Crippen LogP) is 2.39. The van der Waals surface area contributed by atoms with Crippen molar-refractivity contribution in [2.75, 3.05) is 6.54 Å². The quantitative estimate of drug-likeness (QED) is 0.558. The van der Waals surface area contributed by atoms with Crippen LogP contribution in [0.5, 0.6) is 0 Å². The molecule has 1 nitrogen and oxygen atoms in total. The molecule has 1 heteroatoms. The molecule has 14 heavy (non-hydrogen) atoms. The molecule has 0 aliphatic rings. The topological polar surface area (TPSA) is 26.0 Å². The Hall–Kier alpha value is -1.26. The number of hydrogen-bond donors (Lipinski definition) is 1. The highest BCUT2D eigenvalue weighted by Gasteiger charge is 1.92. The molecule has 0 aliphatic carbocycles. The zero-order chi connectivity index (χ0) is 10.4. The lowest BCUT2D eigenvalue weighted by Gasteiger charge is -1.98. The van der Waals surface area contributed by atoms with Crippen molar-refractivity contribution in [3.63, 3.8) is 0 Å². The number of unbranched alkanes of at least 4 members (excludes halogenated alkanes) is 1. The smallest absolute Gasteiger partial charge is 0.0248 e. The minimum absolute atomic E-state index is 0.724. The van der Waals surface area contributed by atoms with Gasteiger partial charge in [-0.1, -0.05) is 17.9 Å². The van der Waals surface area contributed by atoms with Crippen LogP contribution in [-0.2, 0) is 0 Å². The number of rotatable bonds is 2. The van der Waals surface area contributed by atoms with Crippen LogP contribution in [0.4, 0.5) is 0 Å². The normalized spacial score (nSPS) is 9.36. The van der Waals surface area contributed by atoms with Crippen molar-refractivity contribution < 1.29 is 0 Å². The lowest BCUT2D eigenvalue weighted by Crippen LogP contribution is -1.96. The lowest BCUT2D eigenvalue weighted by atomic mass is 10.1. The minimum atomic E-state index is 0.724. The van der Waals surface area contributed by atoms with Crippen LogP contribution in [0.25, 0.3) is 0 Å². The van der Waals surface area contributed by atoms with Crippen LogP contribution >= 0.6 is 0 Å². The second kappa shape index (κ2) is 5.47. The Kier molecular flexibility index (Phi) is 4.22. The molecule has 0 spiro atoms. The van der Waals surface area contributed by atoms with Crippen molar-refractivity contribution >= 4 is 0 Å². The van der Waals surface area contributed by atoms with Gasteiger partial charge in [-0.2, -0.15) is 0 Å². The molecular weight excluding hydrogens is 170 g/mol. The number of aryl methyl sites for hydroxylation is 2. The first-order valence-corrected chi connectivity index (χ1v) is 5.00. The molecule has 0 aromatic heterocycles. The van der Waals surface area contributed by atoms with Gasteiger partial charge in [0, 0.05) is 12.0 Å². The maximum absolute atomic E-state index is 5.38. The molecule has 0 saturated heterocycles. The van der Waals surface area contributed by atoms with Gasteiger partial charge in [-0.05, 0) is 50.1 Å². The SMILES string of the molecule is Cc1ccc(C#CCCCN)cc1C. The van der Waals surface area contributed by atoms with E-state index in [0.29, 0.717) is 0 Å². The van der Waals surface area contributed by atoms with E-state index in [-0.39, 0.29) is 0 Å². The summed E-state index contributed by atoms with van der Waals surface area (Å²) in [6.45, 7) is 4.95. The Morgan fingerprint density at radius 2 is 2.00 bits per heavy atom. The average Bonchev–Trinajstić information content (AvgIpc) is 2.18. The molecule has 0 atom stereocenters. The molecule has 0 fully saturated rings. The second-order valence-corrected chi connectivity index (χ2v) is 3.49. The van der Waals surface area contributed by atoms with E-state index >= 15 is 0 Å². The van der Waals surface area contributed by atoms with Crippen molar-refractivity contribution in [2.45, 2.75) is 26.7 Å². The number of hydrogen-bond acceptors (Lipinski definition) is 1. The molecule has 0 aliphatic heterocycles. The largest absolute Gasteiger partial charge is 0.330 e. The summed E-state index contributed by atoms with van der Waals surface area (Å²) < 4.78 is 0. The number of benzene rings is 1. The van der Waals surface area contributed by atoms with Crippen LogP contribution in [0.1, 0.15) is 29.5 Å². The van der Waals surface area contributed by atoms with E-state index in [4.69, 9.17) is 5.73 Å². The van der Waals surface area contributed by atoms with Crippen LogP contribution < -0.4 is 5.73 Å². The molecule has 0 amide bonds. The Morgan fingerprint density at radius 3 is 2.64 bits per heavy atom. The zero-order valence-electron chi connectivity index (χ0n) is 8.93. The molecule has 0 unspecified atom stereocenters. The molecule has 0 saturated carbocycles. The Balaban J connectivity index is 2.66. The van der Waals surface area contributed by atoms with E-state index in [1.54, 1.807) is 0 Å². The zero-order valence-corrected chi connectivity index (χ0v) is 8.93. The van der Waals surface area contributed by atoms with Gasteiger partial charge < -0.3 is 5.73 Å². The summed E-state index contributed by atoms with van der Waals surface area (Å²) in [5, 5.41) is 0. The van der Waals surface area contributed by atoms with E-state index < -0.39 is 0 Å². The van der Waals surface area contributed by atoms with E-state index in [0.717, 1.165) is 24.9 Å². The van der Waals surface area contributed by atoms with Crippen LogP contribution in [0.15, 0.2) is 18.2 Å². The fourth-order valence-corrected chi connectivity index (χ4v) is 1.17. The highest BCUT2D eigenvalue weighted by atomic mass is 14.5. The first-order valence-electron chi connectivity index (χ1n) is 5.00. The minimum Gasteiger partial charge on any atom is -0.330 e. The van der Waals surface area contributed by atoms with Crippen molar-refractivity contribution in [1.29, 1.82) is 0 Å². The molecule has 1 rings (SSSR count). The number of nitrogens with two attached hydrogens (primary N) is 1. The standard InChI is InChI=1S/C13H17N/c1-11-7-8-13(10-12(11)2)6-4-3-5-9-14/h7-8,10H,3,5,9,14H2,1-2H3. The van der Waals surface area contributed by atoms with E-state index in [9.17, 15) is 0 Å². The molecule has 0 bridgehead atoms. The third kappa shape index (κ3) is 3.24. The van der Waals surface area contributed by atoms with Gasteiger partial charge in [0.05, 0.1) is 0 Å². The van der Waals surface area contributed by atoms with Gasteiger partial charge in [0.15, 0.2) is 0 Å². The summed E-state index contributed by atoms with van der Waals surface area (Å²) in [7, 11) is 0. The summed E-state index contributed by atoms with van der Waals surface area (Å²) >= 11 is 0. The summed E-state index contributed by atoms with van der Waals surface area (Å²) in [6, 6.07) is 6.31.